The number of hydrogen-bond donors (Lipinski definition) is 7. The molecule has 2 aromatic heterocycles. The summed E-state index contributed by atoms with van der Waals surface area (Å²) >= 11 is 0. The van der Waals surface area contributed by atoms with Gasteiger partial charge in [0.25, 0.3) is 0 Å². The fraction of sp³-hybridized carbons (Fsp3) is 0.625. The van der Waals surface area contributed by atoms with Gasteiger partial charge >= 0.3 is 11.4 Å². The van der Waals surface area contributed by atoms with Crippen LogP contribution < -0.4 is 22.8 Å². The van der Waals surface area contributed by atoms with Crippen molar-refractivity contribution in [1.82, 2.24) is 29.1 Å². The molecule has 2 saturated heterocycles. The molecule has 0 aromatic carbocycles. The van der Waals surface area contributed by atoms with E-state index in [1.54, 1.807) is 0 Å². The number of aliphatic hydroxyl groups is 5. The Morgan fingerprint density at radius 1 is 0.879 bits per heavy atom. The third-order valence-corrected chi connectivity index (χ3v) is 4.98. The minimum absolute atomic E-state index is 0.112. The average molecular weight is 472 g/mol. The van der Waals surface area contributed by atoms with Crippen molar-refractivity contribution in [2.24, 2.45) is 0 Å². The lowest BCUT2D eigenvalue weighted by Crippen LogP contribution is -2.36. The normalized spacial score (nSPS) is 31.2. The average Bonchev–Trinajstić information content (AvgIpc) is 3.28. The molecule has 2 aliphatic rings. The maximum Gasteiger partial charge on any atom is 0.354 e. The predicted molar refractivity (Wildman–Crippen MR) is 106 cm³/mol. The first-order valence-electron chi connectivity index (χ1n) is 9.64. The molecule has 4 heterocycles. The second-order valence-electron chi connectivity index (χ2n) is 7.15. The molecule has 4 rings (SSSR count). The Labute approximate surface area is 184 Å². The third-order valence-electron chi connectivity index (χ3n) is 4.98. The molecule has 0 radical (unpaired) electrons. The monoisotopic (exact) mass is 472 g/mol. The maximum absolute atomic E-state index is 11.5. The molecule has 0 aliphatic carbocycles. The molecule has 0 bridgehead atoms. The summed E-state index contributed by atoms with van der Waals surface area (Å²) in [7, 11) is 0. The van der Waals surface area contributed by atoms with Crippen LogP contribution in [0.25, 0.3) is 0 Å². The molecular weight excluding hydrogens is 448 g/mol. The summed E-state index contributed by atoms with van der Waals surface area (Å²) in [4.78, 5) is 37.0. The van der Waals surface area contributed by atoms with Crippen LogP contribution >= 0.6 is 0 Å². The van der Waals surface area contributed by atoms with Crippen molar-refractivity contribution in [1.29, 1.82) is 0 Å². The number of ether oxygens (including phenoxy) is 2. The van der Waals surface area contributed by atoms with Crippen molar-refractivity contribution in [3.63, 3.8) is 0 Å². The Balaban J connectivity index is 0.000000186. The van der Waals surface area contributed by atoms with Crippen LogP contribution in [0.2, 0.25) is 0 Å². The van der Waals surface area contributed by atoms with Gasteiger partial charge in [-0.2, -0.15) is 9.97 Å². The zero-order valence-electron chi connectivity index (χ0n) is 17.0. The number of nitrogens with zero attached hydrogens (tertiary/aromatic N) is 6. The molecule has 2 aromatic rings. The fourth-order valence-corrected chi connectivity index (χ4v) is 3.24. The van der Waals surface area contributed by atoms with Crippen molar-refractivity contribution >= 4 is 11.9 Å². The predicted octanol–water partition coefficient (Wildman–Crippen LogP) is -5.31. The Bertz CT molecular complexity index is 1060. The van der Waals surface area contributed by atoms with Gasteiger partial charge < -0.3 is 46.5 Å². The molecule has 2 unspecified atom stereocenters. The highest BCUT2D eigenvalue weighted by atomic mass is 16.6. The van der Waals surface area contributed by atoms with Crippen LogP contribution in [-0.2, 0) is 9.47 Å². The number of anilines is 2. The minimum Gasteiger partial charge on any atom is -0.394 e. The first kappa shape index (κ1) is 24.6. The summed E-state index contributed by atoms with van der Waals surface area (Å²) in [6.45, 7) is -0.776. The van der Waals surface area contributed by atoms with Gasteiger partial charge in [0.1, 0.15) is 43.3 Å². The van der Waals surface area contributed by atoms with E-state index in [0.717, 1.165) is 15.5 Å². The van der Waals surface area contributed by atoms with Gasteiger partial charge in [0.2, 0.25) is 11.9 Å². The molecule has 2 aliphatic heterocycles. The van der Waals surface area contributed by atoms with Gasteiger partial charge in [0.05, 0.1) is 19.3 Å². The van der Waals surface area contributed by atoms with Crippen molar-refractivity contribution < 1.29 is 35.0 Å². The van der Waals surface area contributed by atoms with Crippen LogP contribution in [0.3, 0.4) is 0 Å². The third kappa shape index (κ3) is 5.30. The molecule has 182 valence electrons. The number of rotatable bonds is 4. The van der Waals surface area contributed by atoms with E-state index in [2.05, 4.69) is 19.9 Å². The lowest BCUT2D eigenvalue weighted by molar-refractivity contribution is -0.0554. The van der Waals surface area contributed by atoms with Gasteiger partial charge in [-0.3, -0.25) is 9.13 Å². The van der Waals surface area contributed by atoms with E-state index in [1.165, 1.54) is 6.33 Å². The highest BCUT2D eigenvalue weighted by molar-refractivity contribution is 5.10. The molecule has 17 heteroatoms. The summed E-state index contributed by atoms with van der Waals surface area (Å²) < 4.78 is 12.4. The fourth-order valence-electron chi connectivity index (χ4n) is 3.24. The summed E-state index contributed by atoms with van der Waals surface area (Å²) in [5.74, 6) is -0.309. The van der Waals surface area contributed by atoms with Crippen molar-refractivity contribution in [3.05, 3.63) is 33.6 Å². The summed E-state index contributed by atoms with van der Waals surface area (Å²) in [5.41, 5.74) is 9.10. The van der Waals surface area contributed by atoms with E-state index in [4.69, 9.17) is 31.2 Å². The van der Waals surface area contributed by atoms with Crippen LogP contribution in [0.4, 0.5) is 11.9 Å². The molecular formula is C16H24N8O9. The minimum atomic E-state index is -1.35. The van der Waals surface area contributed by atoms with Gasteiger partial charge in [-0.05, 0) is 0 Å². The van der Waals surface area contributed by atoms with Gasteiger partial charge in [-0.1, -0.05) is 0 Å². The second kappa shape index (κ2) is 10.3. The number of nitrogen functional groups attached to an aromatic ring is 2. The van der Waals surface area contributed by atoms with E-state index in [9.17, 15) is 24.9 Å². The van der Waals surface area contributed by atoms with Gasteiger partial charge in [0.15, 0.2) is 6.23 Å². The zero-order valence-corrected chi connectivity index (χ0v) is 17.0. The maximum atomic E-state index is 11.5. The first-order chi connectivity index (χ1) is 15.7. The SMILES string of the molecule is Nc1ncn([C@@H]2O[C@H](CO)C(O)[C@@H]2O)c(=O)n1.Nc1ncn([C@H]2CC(O)[C@@H](CO)O2)c(=O)n1. The molecule has 33 heavy (non-hydrogen) atoms. The Morgan fingerprint density at radius 2 is 1.42 bits per heavy atom. The van der Waals surface area contributed by atoms with Crippen LogP contribution in [0, 0.1) is 0 Å². The van der Waals surface area contributed by atoms with Crippen LogP contribution in [0.15, 0.2) is 22.2 Å². The lowest BCUT2D eigenvalue weighted by Gasteiger charge is -2.16. The van der Waals surface area contributed by atoms with Crippen LogP contribution in [0.5, 0.6) is 0 Å². The summed E-state index contributed by atoms with van der Waals surface area (Å²) in [5, 5.41) is 46.5. The van der Waals surface area contributed by atoms with Crippen LogP contribution in [0.1, 0.15) is 18.9 Å². The number of hydrogen-bond acceptors (Lipinski definition) is 15. The Morgan fingerprint density at radius 3 is 1.88 bits per heavy atom. The van der Waals surface area contributed by atoms with Crippen molar-refractivity contribution in [2.75, 3.05) is 24.7 Å². The molecule has 2 fully saturated rings. The van der Waals surface area contributed by atoms with E-state index in [0.29, 0.717) is 0 Å². The quantitative estimate of drug-likeness (QED) is 0.219. The van der Waals surface area contributed by atoms with E-state index in [1.807, 2.05) is 0 Å². The highest BCUT2D eigenvalue weighted by Gasteiger charge is 2.43. The number of aromatic nitrogens is 6. The Kier molecular flexibility index (Phi) is 7.64. The smallest absolute Gasteiger partial charge is 0.354 e. The van der Waals surface area contributed by atoms with E-state index in [-0.39, 0.29) is 24.9 Å². The van der Waals surface area contributed by atoms with Crippen molar-refractivity contribution in [2.45, 2.75) is 49.4 Å². The van der Waals surface area contributed by atoms with Gasteiger partial charge in [-0.15, -0.1) is 0 Å². The second-order valence-corrected chi connectivity index (χ2v) is 7.15. The number of nitrogens with two attached hydrogens (primary N) is 2. The van der Waals surface area contributed by atoms with Crippen molar-refractivity contribution in [3.8, 4) is 0 Å². The van der Waals surface area contributed by atoms with E-state index >= 15 is 0 Å². The van der Waals surface area contributed by atoms with Gasteiger partial charge in [0, 0.05) is 6.42 Å². The molecule has 7 atom stereocenters. The zero-order chi connectivity index (χ0) is 24.3. The molecule has 0 saturated carbocycles. The largest absolute Gasteiger partial charge is 0.394 e. The Hall–Kier alpha value is -3.06. The lowest BCUT2D eigenvalue weighted by atomic mass is 10.1. The molecule has 0 amide bonds. The standard InChI is InChI=1S/C8H12N4O5.C8H12N4O4/c9-7-10-2-12(8(16)11-7)6-5(15)4(14)3(1-13)17-6;9-7-10-3-12(8(15)11-7)6-1-4(14)5(2-13)16-6/h2-6,13-15H,1H2,(H2,9,11,16);3-6,13-14H,1-2H2,(H2,9,11,15)/t3-,4?,5+,6-;4?,5-,6-/m11/s1. The van der Waals surface area contributed by atoms with Gasteiger partial charge in [-0.25, -0.2) is 19.6 Å². The summed E-state index contributed by atoms with van der Waals surface area (Å²) in [6.07, 6.45) is -4.42. The summed E-state index contributed by atoms with van der Waals surface area (Å²) in [6, 6.07) is 0. The molecule has 9 N–H and O–H groups in total. The first-order valence-corrected chi connectivity index (χ1v) is 9.64. The molecule has 17 nitrogen and oxygen atoms in total. The topological polar surface area (TPSA) is 267 Å². The van der Waals surface area contributed by atoms with Crippen LogP contribution in [-0.4, -0.2) is 98.3 Å². The highest BCUT2D eigenvalue weighted by Crippen LogP contribution is 2.28. The molecule has 0 spiro atoms. The number of aliphatic hydroxyl groups excluding tert-OH is 5. The van der Waals surface area contributed by atoms with E-state index < -0.39 is 61.0 Å².